The Morgan fingerprint density at radius 1 is 0.552 bits per heavy atom. The number of benzene rings is 4. The van der Waals surface area contributed by atoms with Crippen LogP contribution in [0.1, 0.15) is 11.2 Å². The second-order valence-electron chi connectivity index (χ2n) is 7.09. The summed E-state index contributed by atoms with van der Waals surface area (Å²) >= 11 is 0. The van der Waals surface area contributed by atoms with Crippen LogP contribution in [0, 0.1) is 0 Å². The van der Waals surface area contributed by atoms with Gasteiger partial charge in [-0.25, -0.2) is 0 Å². The summed E-state index contributed by atoms with van der Waals surface area (Å²) in [5.74, 6) is -0.792. The molecule has 0 fully saturated rings. The van der Waals surface area contributed by atoms with Gasteiger partial charge in [-0.15, -0.1) is 0 Å². The van der Waals surface area contributed by atoms with Crippen molar-refractivity contribution in [1.82, 2.24) is 0 Å². The predicted octanol–water partition coefficient (Wildman–Crippen LogP) is 4.54. The molecule has 0 radical (unpaired) electrons. The summed E-state index contributed by atoms with van der Waals surface area (Å²) < 4.78 is 0. The summed E-state index contributed by atoms with van der Waals surface area (Å²) in [6.07, 6.45) is 0. The van der Waals surface area contributed by atoms with Crippen molar-refractivity contribution in [3.63, 3.8) is 0 Å². The van der Waals surface area contributed by atoms with Crippen LogP contribution in [0.5, 0.6) is 0 Å². The number of carbonyl (C=O) groups is 1. The van der Waals surface area contributed by atoms with Crippen molar-refractivity contribution in [1.29, 1.82) is 0 Å². The van der Waals surface area contributed by atoms with Gasteiger partial charge in [-0.2, -0.15) is 0 Å². The molecule has 0 bridgehead atoms. The number of hydrogen-bond donors (Lipinski definition) is 1. The average Bonchev–Trinajstić information content (AvgIpc) is 2.79. The van der Waals surface area contributed by atoms with E-state index < -0.39 is 18.9 Å². The first-order chi connectivity index (χ1) is 14.2. The first-order valence-corrected chi connectivity index (χ1v) is 11.8. The van der Waals surface area contributed by atoms with Crippen LogP contribution in [0.15, 0.2) is 121 Å². The third kappa shape index (κ3) is 3.48. The third-order valence-electron chi connectivity index (χ3n) is 5.50. The fraction of sp³-hybridized carbons (Fsp3) is 0.0385. The maximum absolute atomic E-state index is 12.9. The molecule has 0 heterocycles. The van der Waals surface area contributed by atoms with E-state index in [1.807, 2.05) is 84.9 Å². The molecule has 144 valence electrons. The van der Waals surface area contributed by atoms with Crippen LogP contribution in [-0.4, -0.2) is 11.1 Å². The Kier molecular flexibility index (Phi) is 5.55. The van der Waals surface area contributed by atoms with Crippen molar-refractivity contribution in [2.45, 2.75) is 5.66 Å². The fourth-order valence-electron chi connectivity index (χ4n) is 4.33. The Bertz CT molecular complexity index is 968. The molecular formula is C26H23O2P. The molecule has 0 aliphatic heterocycles. The van der Waals surface area contributed by atoms with Crippen molar-refractivity contribution in [3.05, 3.63) is 127 Å². The van der Waals surface area contributed by atoms with E-state index in [1.165, 1.54) is 0 Å². The zero-order chi connectivity index (χ0) is 20.1. The van der Waals surface area contributed by atoms with Crippen LogP contribution in [0.3, 0.4) is 0 Å². The summed E-state index contributed by atoms with van der Waals surface area (Å²) in [6.45, 7) is 0. The second-order valence-corrected chi connectivity index (χ2v) is 11.0. The molecule has 0 saturated heterocycles. The molecule has 0 amide bonds. The van der Waals surface area contributed by atoms with Crippen molar-refractivity contribution in [2.24, 2.45) is 0 Å². The van der Waals surface area contributed by atoms with Crippen LogP contribution < -0.4 is 15.9 Å². The summed E-state index contributed by atoms with van der Waals surface area (Å²) in [6, 6.07) is 40.2. The predicted molar refractivity (Wildman–Crippen MR) is 123 cm³/mol. The summed E-state index contributed by atoms with van der Waals surface area (Å²) in [5.41, 5.74) is 0.180. The fourth-order valence-corrected chi connectivity index (χ4v) is 9.54. The van der Waals surface area contributed by atoms with E-state index in [2.05, 4.69) is 36.4 Å². The number of aliphatic carboxylic acids is 1. The van der Waals surface area contributed by atoms with Gasteiger partial charge in [-0.1, -0.05) is 0 Å². The van der Waals surface area contributed by atoms with E-state index >= 15 is 0 Å². The average molecular weight is 398 g/mol. The van der Waals surface area contributed by atoms with Gasteiger partial charge >= 0.3 is 172 Å². The molecule has 0 spiro atoms. The van der Waals surface area contributed by atoms with Crippen molar-refractivity contribution in [3.8, 4) is 0 Å². The Hall–Kier alpha value is -3.22. The van der Waals surface area contributed by atoms with Crippen molar-refractivity contribution in [2.75, 3.05) is 0 Å². The van der Waals surface area contributed by atoms with Crippen LogP contribution in [0.4, 0.5) is 0 Å². The quantitative estimate of drug-likeness (QED) is 0.484. The number of hydrogen-bond acceptors (Lipinski definition) is 1. The summed E-state index contributed by atoms with van der Waals surface area (Å²) in [5, 5.41) is 13.9. The normalized spacial score (nSPS) is 12.8. The topological polar surface area (TPSA) is 37.3 Å². The van der Waals surface area contributed by atoms with Crippen molar-refractivity contribution >= 4 is 29.1 Å². The SMILES string of the molecule is O=C(O)C(c1ccccc1)[PH](c1ccccc1)(c1ccccc1)c1ccccc1. The number of rotatable bonds is 6. The molecule has 0 saturated carbocycles. The molecule has 4 aromatic carbocycles. The Morgan fingerprint density at radius 2 is 0.862 bits per heavy atom. The molecule has 0 aliphatic carbocycles. The molecule has 2 nitrogen and oxygen atoms in total. The first-order valence-electron chi connectivity index (χ1n) is 9.69. The molecule has 1 atom stereocenters. The second kappa shape index (κ2) is 8.43. The molecule has 29 heavy (non-hydrogen) atoms. The summed E-state index contributed by atoms with van der Waals surface area (Å²) in [7, 11) is -2.96. The Morgan fingerprint density at radius 3 is 1.17 bits per heavy atom. The van der Waals surface area contributed by atoms with Crippen molar-refractivity contribution < 1.29 is 9.90 Å². The van der Waals surface area contributed by atoms with E-state index in [-0.39, 0.29) is 0 Å². The third-order valence-corrected chi connectivity index (χ3v) is 10.7. The number of carboxylic acids is 1. The molecule has 1 N–H and O–H groups in total. The van der Waals surface area contributed by atoms with Gasteiger partial charge in [0.25, 0.3) is 0 Å². The van der Waals surface area contributed by atoms with Gasteiger partial charge in [-0.05, 0) is 0 Å². The zero-order valence-electron chi connectivity index (χ0n) is 16.0. The van der Waals surface area contributed by atoms with Crippen LogP contribution in [-0.2, 0) is 4.79 Å². The maximum atomic E-state index is 12.9. The van der Waals surface area contributed by atoms with Gasteiger partial charge in [0.15, 0.2) is 0 Å². The van der Waals surface area contributed by atoms with E-state index in [9.17, 15) is 9.90 Å². The first kappa shape index (κ1) is 19.1. The minimum atomic E-state index is -2.96. The molecular weight excluding hydrogens is 375 g/mol. The van der Waals surface area contributed by atoms with Crippen LogP contribution >= 0.6 is 7.26 Å². The van der Waals surface area contributed by atoms with Gasteiger partial charge in [0.1, 0.15) is 0 Å². The van der Waals surface area contributed by atoms with Gasteiger partial charge < -0.3 is 0 Å². The molecule has 0 aromatic heterocycles. The zero-order valence-corrected chi connectivity index (χ0v) is 17.0. The van der Waals surface area contributed by atoms with E-state index in [4.69, 9.17) is 0 Å². The molecule has 4 rings (SSSR count). The van der Waals surface area contributed by atoms with Crippen LogP contribution in [0.2, 0.25) is 0 Å². The van der Waals surface area contributed by atoms with Gasteiger partial charge in [0, 0.05) is 0 Å². The van der Waals surface area contributed by atoms with E-state index in [0.29, 0.717) is 0 Å². The summed E-state index contributed by atoms with van der Waals surface area (Å²) in [4.78, 5) is 12.9. The van der Waals surface area contributed by atoms with Gasteiger partial charge in [0.2, 0.25) is 0 Å². The van der Waals surface area contributed by atoms with E-state index in [0.717, 1.165) is 21.5 Å². The molecule has 1 unspecified atom stereocenters. The molecule has 3 heteroatoms. The van der Waals surface area contributed by atoms with Gasteiger partial charge in [-0.3, -0.25) is 0 Å². The molecule has 4 aromatic rings. The standard InChI is InChI=1S/C26H23O2P/c27-26(28)25(21-13-5-1-6-14-21)29(22-15-7-2-8-16-22,23-17-9-3-10-18-23)24-19-11-4-12-20-24/h1-20,25,29H,(H,27,28). The molecule has 0 aliphatic rings. The number of carboxylic acid groups (broad SMARTS) is 1. The van der Waals surface area contributed by atoms with Gasteiger partial charge in [0.05, 0.1) is 0 Å². The van der Waals surface area contributed by atoms with Crippen LogP contribution in [0.25, 0.3) is 0 Å². The Labute approximate surface area is 171 Å². The van der Waals surface area contributed by atoms with E-state index in [1.54, 1.807) is 0 Å². The monoisotopic (exact) mass is 398 g/mol. The minimum absolute atomic E-state index is 0.657. The Balaban J connectivity index is 2.14.